The van der Waals surface area contributed by atoms with Crippen molar-refractivity contribution in [3.63, 3.8) is 0 Å². The zero-order chi connectivity index (χ0) is 9.83. The summed E-state index contributed by atoms with van der Waals surface area (Å²) in [5.41, 5.74) is -0.368. The SMILES string of the molecule is CCC(C)(O)C(CC)(CC)CC. The molecule has 0 radical (unpaired) electrons. The van der Waals surface area contributed by atoms with Crippen molar-refractivity contribution >= 4 is 0 Å². The molecular weight excluding hydrogens is 148 g/mol. The molecular formula is C11H24O. The molecule has 0 saturated carbocycles. The summed E-state index contributed by atoms with van der Waals surface area (Å²) in [4.78, 5) is 0. The van der Waals surface area contributed by atoms with E-state index in [-0.39, 0.29) is 5.41 Å². The molecule has 0 aromatic carbocycles. The number of hydrogen-bond donors (Lipinski definition) is 1. The quantitative estimate of drug-likeness (QED) is 0.674. The molecule has 0 aromatic rings. The summed E-state index contributed by atoms with van der Waals surface area (Å²) < 4.78 is 0. The molecule has 0 amide bonds. The van der Waals surface area contributed by atoms with E-state index >= 15 is 0 Å². The van der Waals surface area contributed by atoms with E-state index in [1.165, 1.54) is 0 Å². The second-order valence-electron chi connectivity index (χ2n) is 3.97. The maximum atomic E-state index is 10.2. The average Bonchev–Trinajstić information content (AvgIpc) is 2.08. The van der Waals surface area contributed by atoms with E-state index in [1.807, 2.05) is 6.92 Å². The first-order valence-electron chi connectivity index (χ1n) is 5.22. The molecule has 0 bridgehead atoms. The van der Waals surface area contributed by atoms with Gasteiger partial charge in [0.25, 0.3) is 0 Å². The Kier molecular flexibility index (Phi) is 4.25. The van der Waals surface area contributed by atoms with E-state index in [9.17, 15) is 5.11 Å². The second-order valence-corrected chi connectivity index (χ2v) is 3.97. The van der Waals surface area contributed by atoms with Crippen LogP contribution in [-0.4, -0.2) is 10.7 Å². The van der Waals surface area contributed by atoms with Crippen LogP contribution in [0.3, 0.4) is 0 Å². The average molecular weight is 172 g/mol. The lowest BCUT2D eigenvalue weighted by Gasteiger charge is -2.44. The Labute approximate surface area is 77.2 Å². The van der Waals surface area contributed by atoms with Crippen LogP contribution in [0.25, 0.3) is 0 Å². The lowest BCUT2D eigenvalue weighted by molar-refractivity contribution is -0.0812. The molecule has 1 unspecified atom stereocenters. The predicted molar refractivity (Wildman–Crippen MR) is 54.2 cm³/mol. The highest BCUT2D eigenvalue weighted by molar-refractivity contribution is 4.92. The summed E-state index contributed by atoms with van der Waals surface area (Å²) in [5, 5.41) is 10.2. The Morgan fingerprint density at radius 2 is 1.17 bits per heavy atom. The third-order valence-electron chi connectivity index (χ3n) is 3.86. The third kappa shape index (κ3) is 1.82. The fraction of sp³-hybridized carbons (Fsp3) is 1.00. The third-order valence-corrected chi connectivity index (χ3v) is 3.86. The van der Waals surface area contributed by atoms with Gasteiger partial charge in [-0.2, -0.15) is 0 Å². The van der Waals surface area contributed by atoms with Crippen LogP contribution in [-0.2, 0) is 0 Å². The highest BCUT2D eigenvalue weighted by atomic mass is 16.3. The highest BCUT2D eigenvalue weighted by Crippen LogP contribution is 2.43. The van der Waals surface area contributed by atoms with Gasteiger partial charge in [-0.3, -0.25) is 0 Å². The van der Waals surface area contributed by atoms with Crippen LogP contribution in [0.4, 0.5) is 0 Å². The minimum absolute atomic E-state index is 0.127. The lowest BCUT2D eigenvalue weighted by Crippen LogP contribution is -2.44. The van der Waals surface area contributed by atoms with Crippen LogP contribution in [0.5, 0.6) is 0 Å². The molecule has 0 aliphatic carbocycles. The van der Waals surface area contributed by atoms with Gasteiger partial charge < -0.3 is 5.11 Å². The van der Waals surface area contributed by atoms with E-state index in [2.05, 4.69) is 27.7 Å². The molecule has 0 heterocycles. The lowest BCUT2D eigenvalue weighted by atomic mass is 9.66. The fourth-order valence-corrected chi connectivity index (χ4v) is 2.27. The van der Waals surface area contributed by atoms with E-state index < -0.39 is 5.60 Å². The van der Waals surface area contributed by atoms with Gasteiger partial charge in [0.15, 0.2) is 0 Å². The molecule has 0 fully saturated rings. The normalized spacial score (nSPS) is 17.5. The molecule has 0 aromatic heterocycles. The maximum absolute atomic E-state index is 10.2. The van der Waals surface area contributed by atoms with E-state index in [4.69, 9.17) is 0 Å². The van der Waals surface area contributed by atoms with Gasteiger partial charge in [-0.05, 0) is 38.0 Å². The molecule has 1 nitrogen and oxygen atoms in total. The van der Waals surface area contributed by atoms with Crippen LogP contribution < -0.4 is 0 Å². The maximum Gasteiger partial charge on any atom is 0.0672 e. The zero-order valence-corrected chi connectivity index (χ0v) is 9.28. The van der Waals surface area contributed by atoms with Crippen LogP contribution in [0.1, 0.15) is 60.3 Å². The van der Waals surface area contributed by atoms with Crippen molar-refractivity contribution in [2.45, 2.75) is 65.9 Å². The van der Waals surface area contributed by atoms with Gasteiger partial charge in [-0.1, -0.05) is 27.7 Å². The van der Waals surface area contributed by atoms with Crippen molar-refractivity contribution in [1.82, 2.24) is 0 Å². The topological polar surface area (TPSA) is 20.2 Å². The van der Waals surface area contributed by atoms with Gasteiger partial charge in [0.1, 0.15) is 0 Å². The summed E-state index contributed by atoms with van der Waals surface area (Å²) in [6.07, 6.45) is 4.06. The van der Waals surface area contributed by atoms with E-state index in [0.717, 1.165) is 25.7 Å². The first-order valence-corrected chi connectivity index (χ1v) is 5.22. The van der Waals surface area contributed by atoms with Gasteiger partial charge >= 0.3 is 0 Å². The monoisotopic (exact) mass is 172 g/mol. The fourth-order valence-electron chi connectivity index (χ4n) is 2.27. The van der Waals surface area contributed by atoms with Crippen LogP contribution in [0.2, 0.25) is 0 Å². The van der Waals surface area contributed by atoms with Gasteiger partial charge in [0.05, 0.1) is 5.60 Å². The summed E-state index contributed by atoms with van der Waals surface area (Å²) in [6.45, 7) is 10.6. The molecule has 74 valence electrons. The molecule has 1 N–H and O–H groups in total. The van der Waals surface area contributed by atoms with Crippen LogP contribution >= 0.6 is 0 Å². The molecule has 1 atom stereocenters. The molecule has 0 aliphatic heterocycles. The summed E-state index contributed by atoms with van der Waals surface area (Å²) in [7, 11) is 0. The Bertz CT molecular complexity index is 115. The Balaban J connectivity index is 4.69. The summed E-state index contributed by atoms with van der Waals surface area (Å²) >= 11 is 0. The molecule has 0 aliphatic rings. The van der Waals surface area contributed by atoms with E-state index in [1.54, 1.807) is 0 Å². The Morgan fingerprint density at radius 1 is 0.833 bits per heavy atom. The molecule has 0 saturated heterocycles. The van der Waals surface area contributed by atoms with E-state index in [0.29, 0.717) is 0 Å². The van der Waals surface area contributed by atoms with Crippen LogP contribution in [0, 0.1) is 5.41 Å². The standard InChI is InChI=1S/C11H24O/c1-6-10(5,12)11(7-2,8-3)9-4/h12H,6-9H2,1-5H3. The number of rotatable bonds is 5. The Morgan fingerprint density at radius 3 is 1.25 bits per heavy atom. The van der Waals surface area contributed by atoms with Gasteiger partial charge in [-0.15, -0.1) is 0 Å². The molecule has 0 rings (SSSR count). The minimum atomic E-state index is -0.495. The second kappa shape index (κ2) is 4.27. The van der Waals surface area contributed by atoms with Gasteiger partial charge in [-0.25, -0.2) is 0 Å². The summed E-state index contributed by atoms with van der Waals surface area (Å²) in [5.74, 6) is 0. The highest BCUT2D eigenvalue weighted by Gasteiger charge is 2.41. The molecule has 0 spiro atoms. The molecule has 1 heteroatoms. The van der Waals surface area contributed by atoms with Crippen molar-refractivity contribution in [1.29, 1.82) is 0 Å². The molecule has 12 heavy (non-hydrogen) atoms. The minimum Gasteiger partial charge on any atom is -0.390 e. The van der Waals surface area contributed by atoms with Crippen LogP contribution in [0.15, 0.2) is 0 Å². The zero-order valence-electron chi connectivity index (χ0n) is 9.28. The van der Waals surface area contributed by atoms with Crippen molar-refractivity contribution in [3.05, 3.63) is 0 Å². The smallest absolute Gasteiger partial charge is 0.0672 e. The van der Waals surface area contributed by atoms with Crippen molar-refractivity contribution in [2.24, 2.45) is 5.41 Å². The number of hydrogen-bond acceptors (Lipinski definition) is 1. The first-order chi connectivity index (χ1) is 5.49. The Hall–Kier alpha value is -0.0400. The first kappa shape index (κ1) is 12.0. The van der Waals surface area contributed by atoms with Gasteiger partial charge in [0.2, 0.25) is 0 Å². The summed E-state index contributed by atoms with van der Waals surface area (Å²) in [6, 6.07) is 0. The van der Waals surface area contributed by atoms with Crippen molar-refractivity contribution in [3.8, 4) is 0 Å². The van der Waals surface area contributed by atoms with Gasteiger partial charge in [0, 0.05) is 0 Å². The van der Waals surface area contributed by atoms with Crippen molar-refractivity contribution in [2.75, 3.05) is 0 Å². The largest absolute Gasteiger partial charge is 0.390 e. The predicted octanol–water partition coefficient (Wildman–Crippen LogP) is 3.36. The van der Waals surface area contributed by atoms with Crippen molar-refractivity contribution < 1.29 is 5.11 Å². The number of aliphatic hydroxyl groups is 1.